The molecule has 0 fully saturated rings. The van der Waals surface area contributed by atoms with Crippen molar-refractivity contribution in [2.45, 2.75) is 0 Å². The SMILES string of the molecule is c1ccc(-c2cc(-c3cccc(-c4c(-c5ccccc5)c(-c5ccccc5)c5c6cccc7c8c(-c9ccccc9)c(-c9ccccc9)c(-c9ccccc9)c(-c9ccccc9)c8c8cccc(c5c4-c4ccccc4)c8c76)c3)cc(-c3ccccc3)n2)cc1. The van der Waals surface area contributed by atoms with E-state index in [1.165, 1.54) is 121 Å². The van der Waals surface area contributed by atoms with Crippen LogP contribution in [-0.2, 0) is 0 Å². The number of rotatable bonds is 11. The lowest BCUT2D eigenvalue weighted by Gasteiger charge is -2.29. The Morgan fingerprint density at radius 1 is 0.133 bits per heavy atom. The van der Waals surface area contributed by atoms with Crippen LogP contribution in [0.25, 0.3) is 177 Å². The second kappa shape index (κ2) is 22.2. The molecule has 0 saturated heterocycles. The van der Waals surface area contributed by atoms with Gasteiger partial charge < -0.3 is 0 Å². The van der Waals surface area contributed by atoms with Gasteiger partial charge in [0.25, 0.3) is 0 Å². The summed E-state index contributed by atoms with van der Waals surface area (Å²) in [5.41, 5.74) is 25.1. The molecule has 0 radical (unpaired) electrons. The summed E-state index contributed by atoms with van der Waals surface area (Å²) >= 11 is 0. The van der Waals surface area contributed by atoms with Crippen LogP contribution in [0.1, 0.15) is 0 Å². The third-order valence-corrected chi connectivity index (χ3v) is 18.3. The molecule has 1 heterocycles. The van der Waals surface area contributed by atoms with Gasteiger partial charge in [-0.1, -0.05) is 328 Å². The lowest BCUT2D eigenvalue weighted by atomic mass is 9.73. The molecule has 0 saturated carbocycles. The third-order valence-electron chi connectivity index (χ3n) is 18.3. The smallest absolute Gasteiger partial charge is 0.0715 e. The predicted octanol–water partition coefficient (Wildman–Crippen LogP) is 24.6. The average molecular weight is 1140 g/mol. The Morgan fingerprint density at radius 3 is 0.622 bits per heavy atom. The predicted molar refractivity (Wildman–Crippen MR) is 383 cm³/mol. The zero-order valence-electron chi connectivity index (χ0n) is 49.4. The number of aromatic nitrogens is 1. The highest BCUT2D eigenvalue weighted by atomic mass is 14.7. The Kier molecular flexibility index (Phi) is 13.0. The summed E-state index contributed by atoms with van der Waals surface area (Å²) in [7, 11) is 0. The highest BCUT2D eigenvalue weighted by Gasteiger charge is 2.32. The summed E-state index contributed by atoms with van der Waals surface area (Å²) in [6.07, 6.45) is 0. The molecule has 418 valence electrons. The number of fused-ring (bicyclic) bond motifs is 6. The third kappa shape index (κ3) is 8.74. The van der Waals surface area contributed by atoms with E-state index < -0.39 is 0 Å². The van der Waals surface area contributed by atoms with E-state index in [1.807, 2.05) is 0 Å². The Morgan fingerprint density at radius 2 is 0.344 bits per heavy atom. The van der Waals surface area contributed by atoms with E-state index in [1.54, 1.807) is 0 Å². The second-order valence-electron chi connectivity index (χ2n) is 23.5. The van der Waals surface area contributed by atoms with Gasteiger partial charge in [0, 0.05) is 11.1 Å². The standard InChI is InChI=1S/C89H57N/c1-10-31-58(32-11-1)74-56-69(57-75(90-74)59-33-12-2-13-34-59)67-49-28-50-68(55-67)83-78(62-39-18-5-19-40-62)81(65-45-24-8-25-46-65)88-72-53-29-51-70-84(72)85-71(52-30-54-73(85)89(88)82(83)66-47-26-9-27-48-66)87-80(64-43-22-7-23-44-64)77(61-37-16-4-17-38-61)76(60-35-14-3-15-36-60)79(86(70)87)63-41-20-6-21-42-63/h1-57H. The van der Waals surface area contributed by atoms with Crippen LogP contribution in [0.15, 0.2) is 346 Å². The maximum Gasteiger partial charge on any atom is 0.0715 e. The number of pyridine rings is 1. The van der Waals surface area contributed by atoms with Crippen molar-refractivity contribution in [1.82, 2.24) is 4.98 Å². The Hall–Kier alpha value is -11.8. The molecule has 17 rings (SSSR count). The summed E-state index contributed by atoms with van der Waals surface area (Å²) < 4.78 is 0. The molecule has 0 bridgehead atoms. The van der Waals surface area contributed by atoms with Crippen molar-refractivity contribution in [3.8, 4) is 123 Å². The Bertz CT molecular complexity index is 5440. The van der Waals surface area contributed by atoms with Crippen LogP contribution in [0.3, 0.4) is 0 Å². The Balaban J connectivity index is 1.10. The van der Waals surface area contributed by atoms with Gasteiger partial charge in [0.2, 0.25) is 0 Å². The van der Waals surface area contributed by atoms with Gasteiger partial charge in [0.15, 0.2) is 0 Å². The first-order valence-corrected chi connectivity index (χ1v) is 31.1. The van der Waals surface area contributed by atoms with Crippen LogP contribution >= 0.6 is 0 Å². The van der Waals surface area contributed by atoms with Crippen LogP contribution in [0.5, 0.6) is 0 Å². The molecule has 90 heavy (non-hydrogen) atoms. The molecule has 1 heteroatoms. The van der Waals surface area contributed by atoms with E-state index in [0.717, 1.165) is 55.9 Å². The van der Waals surface area contributed by atoms with Crippen molar-refractivity contribution in [3.63, 3.8) is 0 Å². The second-order valence-corrected chi connectivity index (χ2v) is 23.5. The minimum atomic E-state index is 0.930. The molecular formula is C89H57N. The first-order valence-electron chi connectivity index (χ1n) is 31.1. The molecule has 16 aromatic carbocycles. The molecule has 17 aromatic rings. The van der Waals surface area contributed by atoms with Gasteiger partial charge in [-0.25, -0.2) is 4.98 Å². The van der Waals surface area contributed by atoms with Crippen LogP contribution in [0.2, 0.25) is 0 Å². The molecule has 0 aliphatic rings. The summed E-state index contributed by atoms with van der Waals surface area (Å²) in [5, 5.41) is 12.3. The molecule has 0 spiro atoms. The van der Waals surface area contributed by atoms with Gasteiger partial charge in [-0.3, -0.25) is 0 Å². The fourth-order valence-corrected chi connectivity index (χ4v) is 14.7. The maximum atomic E-state index is 5.33. The molecule has 1 nitrogen and oxygen atoms in total. The van der Waals surface area contributed by atoms with E-state index in [9.17, 15) is 0 Å². The van der Waals surface area contributed by atoms with Gasteiger partial charge in [-0.05, 0) is 172 Å². The van der Waals surface area contributed by atoms with Gasteiger partial charge in [0.05, 0.1) is 11.4 Å². The fourth-order valence-electron chi connectivity index (χ4n) is 14.7. The van der Waals surface area contributed by atoms with Crippen LogP contribution < -0.4 is 0 Å². The quantitative estimate of drug-likeness (QED) is 0.0929. The first-order chi connectivity index (χ1) is 44.7. The van der Waals surface area contributed by atoms with Crippen molar-refractivity contribution in [2.24, 2.45) is 0 Å². The lowest BCUT2D eigenvalue weighted by molar-refractivity contribution is 1.32. The molecule has 0 amide bonds. The summed E-state index contributed by atoms with van der Waals surface area (Å²) in [5.74, 6) is 0. The Labute approximate surface area is 524 Å². The van der Waals surface area contributed by atoms with Crippen molar-refractivity contribution in [3.05, 3.63) is 346 Å². The molecule has 0 N–H and O–H groups in total. The number of hydrogen-bond donors (Lipinski definition) is 0. The van der Waals surface area contributed by atoms with Gasteiger partial charge in [-0.2, -0.15) is 0 Å². The van der Waals surface area contributed by atoms with Crippen molar-refractivity contribution < 1.29 is 0 Å². The van der Waals surface area contributed by atoms with Crippen LogP contribution in [0.4, 0.5) is 0 Å². The van der Waals surface area contributed by atoms with E-state index >= 15 is 0 Å². The van der Waals surface area contributed by atoms with E-state index in [-0.39, 0.29) is 0 Å². The maximum absolute atomic E-state index is 5.33. The van der Waals surface area contributed by atoms with E-state index in [4.69, 9.17) is 4.98 Å². The van der Waals surface area contributed by atoms with Gasteiger partial charge >= 0.3 is 0 Å². The van der Waals surface area contributed by atoms with Gasteiger partial charge in [-0.15, -0.1) is 0 Å². The lowest BCUT2D eigenvalue weighted by Crippen LogP contribution is -2.02. The molecule has 0 unspecified atom stereocenters. The number of nitrogens with zero attached hydrogens (tertiary/aromatic N) is 1. The van der Waals surface area contributed by atoms with Crippen molar-refractivity contribution in [1.29, 1.82) is 0 Å². The van der Waals surface area contributed by atoms with Gasteiger partial charge in [0.1, 0.15) is 0 Å². The molecule has 1 aromatic heterocycles. The minimum Gasteiger partial charge on any atom is -0.248 e. The first kappa shape index (κ1) is 52.5. The normalized spacial score (nSPS) is 11.6. The molecule has 0 atom stereocenters. The van der Waals surface area contributed by atoms with E-state index in [0.29, 0.717) is 0 Å². The van der Waals surface area contributed by atoms with E-state index in [2.05, 4.69) is 346 Å². The molecule has 0 aliphatic heterocycles. The van der Waals surface area contributed by atoms with Crippen LogP contribution in [-0.4, -0.2) is 4.98 Å². The fraction of sp³-hybridized carbons (Fsp3) is 0. The van der Waals surface area contributed by atoms with Crippen LogP contribution in [0, 0.1) is 0 Å². The number of hydrogen-bond acceptors (Lipinski definition) is 1. The molecule has 0 aliphatic carbocycles. The average Bonchev–Trinajstić information content (AvgIpc) is 0.682. The summed E-state index contributed by atoms with van der Waals surface area (Å²) in [6.45, 7) is 0. The summed E-state index contributed by atoms with van der Waals surface area (Å²) in [6, 6.07) is 128. The zero-order valence-corrected chi connectivity index (χ0v) is 49.4. The highest BCUT2D eigenvalue weighted by Crippen LogP contribution is 2.60. The largest absolute Gasteiger partial charge is 0.248 e. The highest BCUT2D eigenvalue weighted by molar-refractivity contribution is 6.46. The van der Waals surface area contributed by atoms with Crippen molar-refractivity contribution >= 4 is 53.9 Å². The molecular weight excluding hydrogens is 1080 g/mol. The number of benzene rings is 16. The minimum absolute atomic E-state index is 0.930. The zero-order chi connectivity index (χ0) is 59.5. The van der Waals surface area contributed by atoms with Crippen molar-refractivity contribution in [2.75, 3.05) is 0 Å². The monoisotopic (exact) mass is 1140 g/mol. The summed E-state index contributed by atoms with van der Waals surface area (Å²) in [4.78, 5) is 5.33. The topological polar surface area (TPSA) is 12.9 Å².